The first-order valence-corrected chi connectivity index (χ1v) is 8.23. The number of carbonyl (C=O) groups excluding carboxylic acids is 1. The minimum absolute atomic E-state index is 0.0723. The van der Waals surface area contributed by atoms with Gasteiger partial charge in [0.25, 0.3) is 5.91 Å². The Morgan fingerprint density at radius 3 is 2.74 bits per heavy atom. The molecule has 2 fully saturated rings. The van der Waals surface area contributed by atoms with Crippen molar-refractivity contribution in [3.63, 3.8) is 0 Å². The Morgan fingerprint density at radius 2 is 2.04 bits per heavy atom. The van der Waals surface area contributed by atoms with Crippen LogP contribution in [0.1, 0.15) is 30.1 Å². The first-order chi connectivity index (χ1) is 11.2. The molecule has 0 aromatic carbocycles. The average molecular weight is 315 g/mol. The molecule has 0 radical (unpaired) electrons. The zero-order valence-electron chi connectivity index (χ0n) is 13.3. The molecule has 6 heteroatoms. The van der Waals surface area contributed by atoms with Crippen LogP contribution in [0.5, 0.6) is 0 Å². The van der Waals surface area contributed by atoms with Gasteiger partial charge in [-0.3, -0.25) is 4.79 Å². The van der Waals surface area contributed by atoms with Crippen LogP contribution in [-0.2, 0) is 16.0 Å². The Balaban J connectivity index is 1.58. The number of carbonyl (C=O) groups is 1. The summed E-state index contributed by atoms with van der Waals surface area (Å²) in [5.41, 5.74) is 1.61. The van der Waals surface area contributed by atoms with E-state index in [1.54, 1.807) is 6.20 Å². The Hall–Kier alpha value is -1.92. The van der Waals surface area contributed by atoms with Crippen LogP contribution in [0.3, 0.4) is 0 Å². The van der Waals surface area contributed by atoms with E-state index < -0.39 is 5.79 Å². The van der Waals surface area contributed by atoms with E-state index in [-0.39, 0.29) is 5.91 Å². The second kappa shape index (κ2) is 5.62. The molecule has 2 aliphatic heterocycles. The summed E-state index contributed by atoms with van der Waals surface area (Å²) in [7, 11) is 0. The average Bonchev–Trinajstić information content (AvgIpc) is 3.20. The topological polar surface area (TPSA) is 56.6 Å². The Labute approximate surface area is 135 Å². The van der Waals surface area contributed by atoms with E-state index >= 15 is 0 Å². The van der Waals surface area contributed by atoms with Crippen LogP contribution in [0, 0.1) is 0 Å². The molecule has 1 amide bonds. The first-order valence-electron chi connectivity index (χ1n) is 8.23. The van der Waals surface area contributed by atoms with Crippen LogP contribution >= 0.6 is 0 Å². The summed E-state index contributed by atoms with van der Waals surface area (Å²) in [5, 5.41) is 0.924. The van der Waals surface area contributed by atoms with E-state index in [1.807, 2.05) is 27.8 Å². The SMILES string of the molecule is CCn1cc(C(=O)N2CCC3(CC2)OCCO3)c2cccnc21. The lowest BCUT2D eigenvalue weighted by molar-refractivity contribution is -0.181. The summed E-state index contributed by atoms with van der Waals surface area (Å²) >= 11 is 0. The van der Waals surface area contributed by atoms with Gasteiger partial charge in [-0.25, -0.2) is 4.98 Å². The zero-order chi connectivity index (χ0) is 15.9. The van der Waals surface area contributed by atoms with Crippen molar-refractivity contribution < 1.29 is 14.3 Å². The van der Waals surface area contributed by atoms with E-state index in [2.05, 4.69) is 11.9 Å². The summed E-state index contributed by atoms with van der Waals surface area (Å²) in [6, 6.07) is 3.85. The van der Waals surface area contributed by atoms with Gasteiger partial charge in [-0.05, 0) is 19.1 Å². The third kappa shape index (κ3) is 2.42. The number of piperidine rings is 1. The number of likely N-dealkylation sites (tertiary alicyclic amines) is 1. The molecule has 0 saturated carbocycles. The first kappa shape index (κ1) is 14.7. The predicted octanol–water partition coefficient (Wildman–Crippen LogP) is 2.04. The van der Waals surface area contributed by atoms with Crippen molar-refractivity contribution in [2.75, 3.05) is 26.3 Å². The normalized spacial score (nSPS) is 20.5. The van der Waals surface area contributed by atoms with Crippen molar-refractivity contribution >= 4 is 16.9 Å². The largest absolute Gasteiger partial charge is 0.347 e. The summed E-state index contributed by atoms with van der Waals surface area (Å²) in [6.07, 6.45) is 5.17. The van der Waals surface area contributed by atoms with Gasteiger partial charge in [-0.15, -0.1) is 0 Å². The van der Waals surface area contributed by atoms with Gasteiger partial charge in [0, 0.05) is 50.3 Å². The van der Waals surface area contributed by atoms with Crippen LogP contribution in [0.15, 0.2) is 24.5 Å². The van der Waals surface area contributed by atoms with Crippen LogP contribution in [0.4, 0.5) is 0 Å². The predicted molar refractivity (Wildman–Crippen MR) is 85.2 cm³/mol. The number of aryl methyl sites for hydroxylation is 1. The number of hydrogen-bond donors (Lipinski definition) is 0. The van der Waals surface area contributed by atoms with E-state index in [1.165, 1.54) is 0 Å². The summed E-state index contributed by atoms with van der Waals surface area (Å²) in [4.78, 5) is 19.3. The number of aromatic nitrogens is 2. The minimum atomic E-state index is -0.449. The van der Waals surface area contributed by atoms with Gasteiger partial charge in [0.1, 0.15) is 5.65 Å². The molecule has 1 spiro atoms. The van der Waals surface area contributed by atoms with Crippen molar-refractivity contribution in [2.45, 2.75) is 32.1 Å². The highest BCUT2D eigenvalue weighted by Crippen LogP contribution is 2.32. The van der Waals surface area contributed by atoms with Crippen LogP contribution in [0.2, 0.25) is 0 Å². The highest BCUT2D eigenvalue weighted by molar-refractivity contribution is 6.06. The summed E-state index contributed by atoms with van der Waals surface area (Å²) in [6.45, 7) is 5.50. The minimum Gasteiger partial charge on any atom is -0.347 e. The number of rotatable bonds is 2. The molecular weight excluding hydrogens is 294 g/mol. The molecular formula is C17H21N3O3. The van der Waals surface area contributed by atoms with E-state index in [0.717, 1.165) is 36.0 Å². The van der Waals surface area contributed by atoms with Crippen molar-refractivity contribution in [2.24, 2.45) is 0 Å². The second-order valence-electron chi connectivity index (χ2n) is 6.10. The molecule has 2 aromatic rings. The maximum absolute atomic E-state index is 12.9. The quantitative estimate of drug-likeness (QED) is 0.851. The summed E-state index contributed by atoms with van der Waals surface area (Å²) in [5.74, 6) is -0.376. The number of nitrogens with zero attached hydrogens (tertiary/aromatic N) is 3. The van der Waals surface area contributed by atoms with Crippen LogP contribution in [0.25, 0.3) is 11.0 Å². The van der Waals surface area contributed by atoms with Crippen LogP contribution in [-0.4, -0.2) is 52.4 Å². The van der Waals surface area contributed by atoms with E-state index in [0.29, 0.717) is 26.3 Å². The van der Waals surface area contributed by atoms with E-state index in [4.69, 9.17) is 9.47 Å². The zero-order valence-corrected chi connectivity index (χ0v) is 13.3. The molecule has 122 valence electrons. The Bertz CT molecular complexity index is 724. The van der Waals surface area contributed by atoms with Gasteiger partial charge in [0.05, 0.1) is 18.8 Å². The standard InChI is InChI=1S/C17H21N3O3/c1-2-19-12-14(13-4-3-7-18-15(13)19)16(21)20-8-5-17(6-9-20)22-10-11-23-17/h3-4,7,12H,2,5-6,8-11H2,1H3. The smallest absolute Gasteiger partial charge is 0.256 e. The highest BCUT2D eigenvalue weighted by Gasteiger charge is 2.41. The van der Waals surface area contributed by atoms with Crippen molar-refractivity contribution in [3.8, 4) is 0 Å². The fraction of sp³-hybridized carbons (Fsp3) is 0.529. The molecule has 23 heavy (non-hydrogen) atoms. The molecule has 4 heterocycles. The number of pyridine rings is 1. The molecule has 2 aliphatic rings. The lowest BCUT2D eigenvalue weighted by Crippen LogP contribution is -2.47. The van der Waals surface area contributed by atoms with Gasteiger partial charge in [-0.2, -0.15) is 0 Å². The molecule has 2 aromatic heterocycles. The van der Waals surface area contributed by atoms with Crippen LogP contribution < -0.4 is 0 Å². The Morgan fingerprint density at radius 1 is 1.30 bits per heavy atom. The summed E-state index contributed by atoms with van der Waals surface area (Å²) < 4.78 is 13.5. The molecule has 0 bridgehead atoms. The molecule has 0 aliphatic carbocycles. The van der Waals surface area contributed by atoms with Crippen molar-refractivity contribution in [1.29, 1.82) is 0 Å². The maximum Gasteiger partial charge on any atom is 0.256 e. The third-order valence-electron chi connectivity index (χ3n) is 4.83. The number of amides is 1. The number of ether oxygens (including phenoxy) is 2. The van der Waals surface area contributed by atoms with Crippen molar-refractivity contribution in [3.05, 3.63) is 30.1 Å². The maximum atomic E-state index is 12.9. The lowest BCUT2D eigenvalue weighted by Gasteiger charge is -2.37. The van der Waals surface area contributed by atoms with Crippen molar-refractivity contribution in [1.82, 2.24) is 14.5 Å². The molecule has 0 atom stereocenters. The van der Waals surface area contributed by atoms with Gasteiger partial charge in [0.2, 0.25) is 0 Å². The molecule has 0 unspecified atom stereocenters. The molecule has 0 N–H and O–H groups in total. The second-order valence-corrected chi connectivity index (χ2v) is 6.10. The van der Waals surface area contributed by atoms with Gasteiger partial charge in [0.15, 0.2) is 5.79 Å². The number of fused-ring (bicyclic) bond motifs is 1. The molecule has 6 nitrogen and oxygen atoms in total. The third-order valence-corrected chi connectivity index (χ3v) is 4.83. The van der Waals surface area contributed by atoms with Gasteiger partial charge < -0.3 is 18.9 Å². The fourth-order valence-corrected chi connectivity index (χ4v) is 3.54. The number of hydrogen-bond acceptors (Lipinski definition) is 4. The fourth-order valence-electron chi connectivity index (χ4n) is 3.54. The lowest BCUT2D eigenvalue weighted by atomic mass is 10.0. The molecule has 2 saturated heterocycles. The van der Waals surface area contributed by atoms with Gasteiger partial charge >= 0.3 is 0 Å². The van der Waals surface area contributed by atoms with E-state index in [9.17, 15) is 4.79 Å². The Kier molecular flexibility index (Phi) is 3.58. The van der Waals surface area contributed by atoms with Gasteiger partial charge in [-0.1, -0.05) is 0 Å². The monoisotopic (exact) mass is 315 g/mol. The highest BCUT2D eigenvalue weighted by atomic mass is 16.7. The molecule has 4 rings (SSSR count).